The summed E-state index contributed by atoms with van der Waals surface area (Å²) in [5.41, 5.74) is 4.21. The normalized spacial score (nSPS) is 11.5. The van der Waals surface area contributed by atoms with Crippen LogP contribution in [0.2, 0.25) is 0 Å². The summed E-state index contributed by atoms with van der Waals surface area (Å²) in [5, 5.41) is 4.30. The number of nitrogens with zero attached hydrogens (tertiary/aromatic N) is 2. The van der Waals surface area contributed by atoms with Crippen LogP contribution >= 0.6 is 0 Å². The van der Waals surface area contributed by atoms with Crippen molar-refractivity contribution in [3.63, 3.8) is 0 Å². The Morgan fingerprint density at radius 2 is 1.80 bits per heavy atom. The monoisotopic (exact) mass is 330 g/mol. The van der Waals surface area contributed by atoms with Gasteiger partial charge in [0.2, 0.25) is 5.88 Å². The van der Waals surface area contributed by atoms with E-state index in [1.807, 2.05) is 67.1 Å². The number of rotatable bonds is 5. The summed E-state index contributed by atoms with van der Waals surface area (Å²) in [5.74, 6) is 1.54. The van der Waals surface area contributed by atoms with Crippen LogP contribution in [0.1, 0.15) is 31.9 Å². The Balaban J connectivity index is 1.94. The van der Waals surface area contributed by atoms with Gasteiger partial charge in [-0.05, 0) is 37.4 Å². The molecule has 0 saturated carbocycles. The molecule has 0 aliphatic heterocycles. The molecule has 25 heavy (non-hydrogen) atoms. The maximum atomic E-state index is 6.23. The molecular formula is C21H23BN2O. The first kappa shape index (κ1) is 17.3. The standard InChI is InChI=1S/C21H23BN2O/c1-5-24-20(25-18-11-9-15(2)10-12-18)14-19(23-24)16-7-6-8-17(13-16)21(3,4)22/h6-14H,5H2,1-4H3. The molecule has 0 aliphatic carbocycles. The zero-order valence-electron chi connectivity index (χ0n) is 15.3. The molecule has 1 heterocycles. The summed E-state index contributed by atoms with van der Waals surface area (Å²) in [6.07, 6.45) is 0. The maximum absolute atomic E-state index is 6.23. The summed E-state index contributed by atoms with van der Waals surface area (Å²) in [6.45, 7) is 8.86. The molecular weight excluding hydrogens is 307 g/mol. The molecule has 0 atom stereocenters. The molecule has 2 aromatic carbocycles. The third kappa shape index (κ3) is 3.96. The van der Waals surface area contributed by atoms with Crippen molar-refractivity contribution in [3.8, 4) is 22.9 Å². The third-order valence-electron chi connectivity index (χ3n) is 4.19. The molecule has 3 rings (SSSR count). The second-order valence-corrected chi connectivity index (χ2v) is 6.90. The Bertz CT molecular complexity index is 860. The van der Waals surface area contributed by atoms with Crippen molar-refractivity contribution >= 4 is 7.85 Å². The van der Waals surface area contributed by atoms with Gasteiger partial charge in [-0.1, -0.05) is 55.3 Å². The largest absolute Gasteiger partial charge is 0.439 e. The fraction of sp³-hybridized carbons (Fsp3) is 0.286. The van der Waals surface area contributed by atoms with E-state index in [4.69, 9.17) is 12.6 Å². The zero-order valence-corrected chi connectivity index (χ0v) is 15.3. The molecule has 0 spiro atoms. The highest BCUT2D eigenvalue weighted by Gasteiger charge is 2.16. The molecule has 0 N–H and O–H groups in total. The van der Waals surface area contributed by atoms with Gasteiger partial charge in [-0.25, -0.2) is 4.68 Å². The smallest absolute Gasteiger partial charge is 0.218 e. The Labute approximate surface area is 151 Å². The minimum absolute atomic E-state index is 0.384. The Morgan fingerprint density at radius 3 is 2.44 bits per heavy atom. The highest BCUT2D eigenvalue weighted by molar-refractivity contribution is 6.15. The van der Waals surface area contributed by atoms with Crippen LogP contribution in [0.3, 0.4) is 0 Å². The van der Waals surface area contributed by atoms with Crippen LogP contribution in [0.5, 0.6) is 11.6 Å². The fourth-order valence-corrected chi connectivity index (χ4v) is 2.66. The Hall–Kier alpha value is -2.49. The van der Waals surface area contributed by atoms with Crippen LogP contribution in [0.4, 0.5) is 0 Å². The molecule has 0 fully saturated rings. The Kier molecular flexibility index (Phi) is 4.71. The van der Waals surface area contributed by atoms with Crippen molar-refractivity contribution in [2.45, 2.75) is 39.6 Å². The number of benzene rings is 2. The summed E-state index contributed by atoms with van der Waals surface area (Å²) >= 11 is 0. The van der Waals surface area contributed by atoms with Crippen LogP contribution < -0.4 is 4.74 Å². The number of aromatic nitrogens is 2. The molecule has 0 bridgehead atoms. The molecule has 0 saturated heterocycles. The summed E-state index contributed by atoms with van der Waals surface area (Å²) < 4.78 is 7.90. The lowest BCUT2D eigenvalue weighted by atomic mass is 9.67. The summed E-state index contributed by atoms with van der Waals surface area (Å²) in [6, 6.07) is 18.2. The van der Waals surface area contributed by atoms with Gasteiger partial charge in [0.05, 0.1) is 13.5 Å². The maximum Gasteiger partial charge on any atom is 0.218 e. The van der Waals surface area contributed by atoms with E-state index in [1.54, 1.807) is 0 Å². The number of hydrogen-bond donors (Lipinski definition) is 0. The lowest BCUT2D eigenvalue weighted by molar-refractivity contribution is 0.417. The van der Waals surface area contributed by atoms with Crippen LogP contribution in [0, 0.1) is 6.92 Å². The fourth-order valence-electron chi connectivity index (χ4n) is 2.66. The molecule has 126 valence electrons. The predicted octanol–water partition coefficient (Wildman–Crippen LogP) is 5.07. The van der Waals surface area contributed by atoms with E-state index in [0.717, 1.165) is 35.0 Å². The van der Waals surface area contributed by atoms with Crippen molar-refractivity contribution in [3.05, 3.63) is 65.7 Å². The first-order valence-corrected chi connectivity index (χ1v) is 8.59. The second kappa shape index (κ2) is 6.79. The highest BCUT2D eigenvalue weighted by atomic mass is 16.5. The minimum Gasteiger partial charge on any atom is -0.439 e. The topological polar surface area (TPSA) is 27.1 Å². The van der Waals surface area contributed by atoms with Crippen LogP contribution in [0.15, 0.2) is 54.6 Å². The van der Waals surface area contributed by atoms with Gasteiger partial charge in [0.1, 0.15) is 5.75 Å². The minimum atomic E-state index is -0.384. The van der Waals surface area contributed by atoms with Gasteiger partial charge in [0, 0.05) is 18.2 Å². The Morgan fingerprint density at radius 1 is 1.08 bits per heavy atom. The SMILES string of the molecule is [B]C(C)(C)c1cccc(-c2cc(Oc3ccc(C)cc3)n(CC)n2)c1. The molecule has 3 aromatic rings. The van der Waals surface area contributed by atoms with Gasteiger partial charge in [-0.15, -0.1) is 0 Å². The highest BCUT2D eigenvalue weighted by Crippen LogP contribution is 2.30. The molecule has 1 aromatic heterocycles. The van der Waals surface area contributed by atoms with Gasteiger partial charge < -0.3 is 4.74 Å². The van der Waals surface area contributed by atoms with Gasteiger partial charge in [-0.3, -0.25) is 0 Å². The van der Waals surface area contributed by atoms with Crippen LogP contribution in [-0.4, -0.2) is 17.6 Å². The van der Waals surface area contributed by atoms with Gasteiger partial charge in [0.15, 0.2) is 0 Å². The summed E-state index contributed by atoms with van der Waals surface area (Å²) in [7, 11) is 6.23. The first-order chi connectivity index (χ1) is 11.9. The molecule has 4 heteroatoms. The molecule has 0 amide bonds. The van der Waals surface area contributed by atoms with E-state index in [9.17, 15) is 0 Å². The average Bonchev–Trinajstić information content (AvgIpc) is 2.99. The van der Waals surface area contributed by atoms with Crippen molar-refractivity contribution in [1.29, 1.82) is 0 Å². The zero-order chi connectivity index (χ0) is 18.0. The second-order valence-electron chi connectivity index (χ2n) is 6.90. The lowest BCUT2D eigenvalue weighted by Gasteiger charge is -2.19. The predicted molar refractivity (Wildman–Crippen MR) is 103 cm³/mol. The summed E-state index contributed by atoms with van der Waals surface area (Å²) in [4.78, 5) is 0. The van der Waals surface area contributed by atoms with E-state index in [1.165, 1.54) is 5.56 Å². The van der Waals surface area contributed by atoms with Gasteiger partial charge in [0.25, 0.3) is 0 Å². The van der Waals surface area contributed by atoms with E-state index in [2.05, 4.69) is 25.0 Å². The number of hydrogen-bond acceptors (Lipinski definition) is 2. The van der Waals surface area contributed by atoms with Crippen molar-refractivity contribution in [2.24, 2.45) is 0 Å². The third-order valence-corrected chi connectivity index (χ3v) is 4.19. The number of ether oxygens (including phenoxy) is 1. The van der Waals surface area contributed by atoms with Gasteiger partial charge in [-0.2, -0.15) is 5.10 Å². The molecule has 0 unspecified atom stereocenters. The van der Waals surface area contributed by atoms with E-state index in [-0.39, 0.29) is 5.31 Å². The molecule has 0 aliphatic rings. The van der Waals surface area contributed by atoms with E-state index in [0.29, 0.717) is 0 Å². The quantitative estimate of drug-likeness (QED) is 0.610. The van der Waals surface area contributed by atoms with Crippen molar-refractivity contribution in [2.75, 3.05) is 0 Å². The van der Waals surface area contributed by atoms with Crippen molar-refractivity contribution in [1.82, 2.24) is 9.78 Å². The lowest BCUT2D eigenvalue weighted by Crippen LogP contribution is -2.16. The number of aryl methyl sites for hydroxylation is 2. The first-order valence-electron chi connectivity index (χ1n) is 8.59. The van der Waals surface area contributed by atoms with Crippen molar-refractivity contribution < 1.29 is 4.74 Å². The van der Waals surface area contributed by atoms with E-state index < -0.39 is 0 Å². The molecule has 3 nitrogen and oxygen atoms in total. The van der Waals surface area contributed by atoms with Gasteiger partial charge >= 0.3 is 0 Å². The van der Waals surface area contributed by atoms with Crippen LogP contribution in [0.25, 0.3) is 11.3 Å². The van der Waals surface area contributed by atoms with E-state index >= 15 is 0 Å². The molecule has 2 radical (unpaired) electrons. The average molecular weight is 330 g/mol. The van der Waals surface area contributed by atoms with Crippen LogP contribution in [-0.2, 0) is 11.9 Å².